The van der Waals surface area contributed by atoms with Gasteiger partial charge in [0.1, 0.15) is 17.3 Å². The lowest BCUT2D eigenvalue weighted by atomic mass is 10.4. The summed E-state index contributed by atoms with van der Waals surface area (Å²) in [6.07, 6.45) is 2.76. The smallest absolute Gasteiger partial charge is 0.224 e. The van der Waals surface area contributed by atoms with Gasteiger partial charge in [0, 0.05) is 18.8 Å². The lowest BCUT2D eigenvalue weighted by molar-refractivity contribution is 0.391. The summed E-state index contributed by atoms with van der Waals surface area (Å²) in [5, 5.41) is 10.2. The Hall–Kier alpha value is -2.11. The molecule has 0 fully saturated rings. The number of nitrogens with zero attached hydrogens (tertiary/aromatic N) is 3. The predicted octanol–water partition coefficient (Wildman–Crippen LogP) is 2.21. The van der Waals surface area contributed by atoms with E-state index in [0.29, 0.717) is 12.5 Å². The molecule has 2 aromatic rings. The van der Waals surface area contributed by atoms with Crippen molar-refractivity contribution in [2.75, 3.05) is 17.2 Å². The summed E-state index contributed by atoms with van der Waals surface area (Å²) in [5.41, 5.74) is 0.856. The van der Waals surface area contributed by atoms with Crippen LogP contribution in [0.3, 0.4) is 0 Å². The summed E-state index contributed by atoms with van der Waals surface area (Å²) in [6.45, 7) is 5.42. The number of hydrogen-bond donors (Lipinski definition) is 2. The standard InChI is InChI=1S/C12H17N5O/c1-3-5-13-12-14-6-4-11(16-12)15-8-10-7-9(2)18-17-10/h4,6-7H,3,5,8H2,1-2H3,(H2,13,14,15,16). The van der Waals surface area contributed by atoms with Crippen LogP contribution >= 0.6 is 0 Å². The molecule has 6 heteroatoms. The summed E-state index contributed by atoms with van der Waals surface area (Å²) in [4.78, 5) is 8.48. The van der Waals surface area contributed by atoms with Crippen LogP contribution < -0.4 is 10.6 Å². The van der Waals surface area contributed by atoms with Gasteiger partial charge in [0.2, 0.25) is 5.95 Å². The van der Waals surface area contributed by atoms with Crippen molar-refractivity contribution < 1.29 is 4.52 Å². The molecular formula is C12H17N5O. The predicted molar refractivity (Wildman–Crippen MR) is 69.4 cm³/mol. The first kappa shape index (κ1) is 12.3. The molecule has 0 radical (unpaired) electrons. The second-order valence-corrected chi connectivity index (χ2v) is 3.97. The Morgan fingerprint density at radius 1 is 1.33 bits per heavy atom. The lowest BCUT2D eigenvalue weighted by Gasteiger charge is -2.06. The van der Waals surface area contributed by atoms with Crippen molar-refractivity contribution in [2.24, 2.45) is 0 Å². The second kappa shape index (κ2) is 6.00. The minimum absolute atomic E-state index is 0.585. The van der Waals surface area contributed by atoms with Gasteiger partial charge < -0.3 is 15.2 Å². The number of aryl methyl sites for hydroxylation is 1. The van der Waals surface area contributed by atoms with Gasteiger partial charge in [-0.3, -0.25) is 0 Å². The third-order valence-electron chi connectivity index (χ3n) is 2.32. The van der Waals surface area contributed by atoms with E-state index in [-0.39, 0.29) is 0 Å². The van der Waals surface area contributed by atoms with Crippen LogP contribution in [0.5, 0.6) is 0 Å². The summed E-state index contributed by atoms with van der Waals surface area (Å²) in [6, 6.07) is 3.72. The van der Waals surface area contributed by atoms with Crippen molar-refractivity contribution in [1.29, 1.82) is 0 Å². The fourth-order valence-corrected chi connectivity index (χ4v) is 1.46. The minimum Gasteiger partial charge on any atom is -0.364 e. The largest absolute Gasteiger partial charge is 0.364 e. The number of rotatable bonds is 6. The number of aromatic nitrogens is 3. The van der Waals surface area contributed by atoms with Crippen molar-refractivity contribution in [1.82, 2.24) is 15.1 Å². The minimum atomic E-state index is 0.585. The molecule has 0 aliphatic carbocycles. The highest BCUT2D eigenvalue weighted by atomic mass is 16.5. The summed E-state index contributed by atoms with van der Waals surface area (Å²) in [7, 11) is 0. The Morgan fingerprint density at radius 3 is 2.94 bits per heavy atom. The molecule has 0 aromatic carbocycles. The molecule has 2 rings (SSSR count). The maximum atomic E-state index is 4.99. The van der Waals surface area contributed by atoms with Crippen molar-refractivity contribution in [2.45, 2.75) is 26.8 Å². The highest BCUT2D eigenvalue weighted by Gasteiger charge is 2.02. The normalized spacial score (nSPS) is 10.3. The van der Waals surface area contributed by atoms with Gasteiger partial charge in [-0.25, -0.2) is 4.98 Å². The number of hydrogen-bond acceptors (Lipinski definition) is 6. The first-order valence-corrected chi connectivity index (χ1v) is 6.01. The van der Waals surface area contributed by atoms with E-state index >= 15 is 0 Å². The Kier molecular flexibility index (Phi) is 4.11. The molecule has 0 aliphatic heterocycles. The zero-order valence-corrected chi connectivity index (χ0v) is 10.6. The first-order chi connectivity index (χ1) is 8.78. The van der Waals surface area contributed by atoms with Crippen molar-refractivity contribution >= 4 is 11.8 Å². The van der Waals surface area contributed by atoms with E-state index in [1.54, 1.807) is 6.20 Å². The van der Waals surface area contributed by atoms with E-state index < -0.39 is 0 Å². The Balaban J connectivity index is 1.92. The maximum absolute atomic E-state index is 4.99. The fourth-order valence-electron chi connectivity index (χ4n) is 1.46. The molecule has 0 bridgehead atoms. The summed E-state index contributed by atoms with van der Waals surface area (Å²) < 4.78 is 4.99. The van der Waals surface area contributed by atoms with Gasteiger partial charge in [-0.2, -0.15) is 4.98 Å². The highest BCUT2D eigenvalue weighted by Crippen LogP contribution is 2.08. The third-order valence-corrected chi connectivity index (χ3v) is 2.32. The van der Waals surface area contributed by atoms with Crippen LogP contribution in [0.25, 0.3) is 0 Å². The molecule has 0 unspecified atom stereocenters. The van der Waals surface area contributed by atoms with Gasteiger partial charge in [-0.05, 0) is 19.4 Å². The Morgan fingerprint density at radius 2 is 2.22 bits per heavy atom. The zero-order chi connectivity index (χ0) is 12.8. The van der Waals surface area contributed by atoms with Gasteiger partial charge in [0.15, 0.2) is 0 Å². The molecule has 0 saturated carbocycles. The van der Waals surface area contributed by atoms with Gasteiger partial charge in [0.25, 0.3) is 0 Å². The molecular weight excluding hydrogens is 230 g/mol. The van der Waals surface area contributed by atoms with Crippen LogP contribution in [0.1, 0.15) is 24.8 Å². The topological polar surface area (TPSA) is 75.9 Å². The number of anilines is 2. The Bertz CT molecular complexity index is 497. The van der Waals surface area contributed by atoms with Crippen LogP contribution in [-0.4, -0.2) is 21.7 Å². The van der Waals surface area contributed by atoms with Crippen LogP contribution in [0.4, 0.5) is 11.8 Å². The van der Waals surface area contributed by atoms with Crippen LogP contribution in [-0.2, 0) is 6.54 Å². The summed E-state index contributed by atoms with van der Waals surface area (Å²) >= 11 is 0. The van der Waals surface area contributed by atoms with E-state index in [1.807, 2.05) is 19.1 Å². The lowest BCUT2D eigenvalue weighted by Crippen LogP contribution is -2.07. The SMILES string of the molecule is CCCNc1nccc(NCc2cc(C)on2)n1. The van der Waals surface area contributed by atoms with E-state index in [9.17, 15) is 0 Å². The number of nitrogens with one attached hydrogen (secondary N) is 2. The van der Waals surface area contributed by atoms with E-state index in [4.69, 9.17) is 4.52 Å². The molecule has 0 amide bonds. The molecule has 96 valence electrons. The van der Waals surface area contributed by atoms with Gasteiger partial charge >= 0.3 is 0 Å². The Labute approximate surface area is 106 Å². The fraction of sp³-hybridized carbons (Fsp3) is 0.417. The molecule has 2 N–H and O–H groups in total. The third kappa shape index (κ3) is 3.44. The van der Waals surface area contributed by atoms with E-state index in [0.717, 1.165) is 30.2 Å². The van der Waals surface area contributed by atoms with Crippen molar-refractivity contribution in [3.05, 3.63) is 29.8 Å². The molecule has 2 aromatic heterocycles. The second-order valence-electron chi connectivity index (χ2n) is 3.97. The van der Waals surface area contributed by atoms with Crippen molar-refractivity contribution in [3.8, 4) is 0 Å². The average molecular weight is 247 g/mol. The molecule has 0 atom stereocenters. The highest BCUT2D eigenvalue weighted by molar-refractivity contribution is 5.39. The molecule has 2 heterocycles. The molecule has 18 heavy (non-hydrogen) atoms. The quantitative estimate of drug-likeness (QED) is 0.815. The van der Waals surface area contributed by atoms with Crippen LogP contribution in [0, 0.1) is 6.92 Å². The van der Waals surface area contributed by atoms with Crippen molar-refractivity contribution in [3.63, 3.8) is 0 Å². The van der Waals surface area contributed by atoms with Gasteiger partial charge in [-0.15, -0.1) is 0 Å². The molecule has 0 aliphatic rings. The molecule has 0 saturated heterocycles. The van der Waals surface area contributed by atoms with E-state index in [2.05, 4.69) is 32.7 Å². The average Bonchev–Trinajstić information content (AvgIpc) is 2.80. The molecule has 0 spiro atoms. The molecule has 6 nitrogen and oxygen atoms in total. The van der Waals surface area contributed by atoms with E-state index in [1.165, 1.54) is 0 Å². The van der Waals surface area contributed by atoms with Gasteiger partial charge in [0.05, 0.1) is 6.54 Å². The van der Waals surface area contributed by atoms with Crippen LogP contribution in [0.15, 0.2) is 22.9 Å². The monoisotopic (exact) mass is 247 g/mol. The van der Waals surface area contributed by atoms with Gasteiger partial charge in [-0.1, -0.05) is 12.1 Å². The van der Waals surface area contributed by atoms with Crippen LogP contribution in [0.2, 0.25) is 0 Å². The summed E-state index contributed by atoms with van der Waals surface area (Å²) in [5.74, 6) is 2.21. The first-order valence-electron chi connectivity index (χ1n) is 6.01. The zero-order valence-electron chi connectivity index (χ0n) is 10.6. The maximum Gasteiger partial charge on any atom is 0.224 e.